The van der Waals surface area contributed by atoms with Gasteiger partial charge in [0.2, 0.25) is 0 Å². The summed E-state index contributed by atoms with van der Waals surface area (Å²) in [6.07, 6.45) is 1.72. The van der Waals surface area contributed by atoms with Crippen molar-refractivity contribution in [2.24, 2.45) is 0 Å². The SMILES string of the molecule is Nc1ccccc1NC(=O)c1ccc(CNC(=O)c2nn(-c3ccc4ncccc4c3)nc2N)cc1. The molecule has 0 unspecified atom stereocenters. The van der Waals surface area contributed by atoms with Crippen molar-refractivity contribution in [1.29, 1.82) is 0 Å². The van der Waals surface area contributed by atoms with E-state index in [9.17, 15) is 9.59 Å². The number of hydrogen-bond donors (Lipinski definition) is 4. The largest absolute Gasteiger partial charge is 0.397 e. The van der Waals surface area contributed by atoms with E-state index >= 15 is 0 Å². The Morgan fingerprint density at radius 3 is 2.47 bits per heavy atom. The molecule has 0 aliphatic rings. The van der Waals surface area contributed by atoms with Crippen LogP contribution >= 0.6 is 0 Å². The molecule has 6 N–H and O–H groups in total. The maximum Gasteiger partial charge on any atom is 0.275 e. The first-order valence-electron chi connectivity index (χ1n) is 11.1. The number of amides is 2. The van der Waals surface area contributed by atoms with Crippen LogP contribution < -0.4 is 22.1 Å². The van der Waals surface area contributed by atoms with Crippen molar-refractivity contribution in [1.82, 2.24) is 25.3 Å². The van der Waals surface area contributed by atoms with Crippen molar-refractivity contribution in [3.8, 4) is 5.69 Å². The molecule has 3 aromatic carbocycles. The normalized spacial score (nSPS) is 10.8. The van der Waals surface area contributed by atoms with Gasteiger partial charge in [-0.2, -0.15) is 0 Å². The Morgan fingerprint density at radius 1 is 0.861 bits per heavy atom. The number of carbonyl (C=O) groups excluding carboxylic acids is 2. The fourth-order valence-corrected chi connectivity index (χ4v) is 3.63. The zero-order valence-corrected chi connectivity index (χ0v) is 19.1. The molecule has 2 heterocycles. The molecular formula is C26H22N8O2. The van der Waals surface area contributed by atoms with Gasteiger partial charge in [-0.15, -0.1) is 15.0 Å². The molecule has 2 aromatic heterocycles. The fourth-order valence-electron chi connectivity index (χ4n) is 3.63. The van der Waals surface area contributed by atoms with Crippen molar-refractivity contribution < 1.29 is 9.59 Å². The number of nitrogens with two attached hydrogens (primary N) is 2. The summed E-state index contributed by atoms with van der Waals surface area (Å²) in [5.74, 6) is -0.717. The second-order valence-corrected chi connectivity index (χ2v) is 8.02. The average molecular weight is 479 g/mol. The molecule has 5 rings (SSSR count). The summed E-state index contributed by atoms with van der Waals surface area (Å²) in [5.41, 5.74) is 15.7. The third-order valence-corrected chi connectivity index (χ3v) is 5.55. The highest BCUT2D eigenvalue weighted by Crippen LogP contribution is 2.19. The topological polar surface area (TPSA) is 154 Å². The number of pyridine rings is 1. The molecule has 10 nitrogen and oxygen atoms in total. The van der Waals surface area contributed by atoms with Gasteiger partial charge in [-0.05, 0) is 54.1 Å². The minimum atomic E-state index is -0.456. The maximum atomic E-state index is 12.7. The summed E-state index contributed by atoms with van der Waals surface area (Å²) in [6.45, 7) is 0.223. The van der Waals surface area contributed by atoms with E-state index in [2.05, 4.69) is 25.8 Å². The average Bonchev–Trinajstić information content (AvgIpc) is 3.30. The van der Waals surface area contributed by atoms with E-state index in [1.165, 1.54) is 4.80 Å². The number of rotatable bonds is 6. The number of carbonyl (C=O) groups is 2. The van der Waals surface area contributed by atoms with Gasteiger partial charge in [0.15, 0.2) is 11.5 Å². The van der Waals surface area contributed by atoms with E-state index in [-0.39, 0.29) is 24.0 Å². The Bertz CT molecular complexity index is 1580. The number of benzene rings is 3. The first-order valence-corrected chi connectivity index (χ1v) is 11.1. The van der Waals surface area contributed by atoms with Gasteiger partial charge in [-0.1, -0.05) is 30.3 Å². The van der Waals surface area contributed by atoms with Gasteiger partial charge in [0, 0.05) is 23.7 Å². The molecule has 0 atom stereocenters. The second-order valence-electron chi connectivity index (χ2n) is 8.02. The van der Waals surface area contributed by atoms with Crippen LogP contribution in [0.2, 0.25) is 0 Å². The Kier molecular flexibility index (Phi) is 5.98. The standard InChI is InChI=1S/C26H22N8O2/c27-20-5-1-2-6-22(20)31-25(35)17-9-7-16(8-10-17)15-30-26(36)23-24(28)33-34(32-23)19-11-12-21-18(14-19)4-3-13-29-21/h1-14H,15,27H2,(H2,28,33)(H,30,36)(H,31,35). The summed E-state index contributed by atoms with van der Waals surface area (Å²) in [6, 6.07) is 23.2. The highest BCUT2D eigenvalue weighted by Gasteiger charge is 2.17. The monoisotopic (exact) mass is 478 g/mol. The summed E-state index contributed by atoms with van der Waals surface area (Å²) < 4.78 is 0. The maximum absolute atomic E-state index is 12.7. The third-order valence-electron chi connectivity index (χ3n) is 5.55. The summed E-state index contributed by atoms with van der Waals surface area (Å²) in [4.78, 5) is 30.8. The predicted molar refractivity (Wildman–Crippen MR) is 137 cm³/mol. The van der Waals surface area contributed by atoms with Crippen molar-refractivity contribution in [3.63, 3.8) is 0 Å². The molecule has 0 saturated carbocycles. The van der Waals surface area contributed by atoms with Crippen molar-refractivity contribution >= 4 is 39.9 Å². The van der Waals surface area contributed by atoms with Crippen LogP contribution in [0.4, 0.5) is 17.2 Å². The second kappa shape index (κ2) is 9.55. The lowest BCUT2D eigenvalue weighted by atomic mass is 10.1. The first kappa shape index (κ1) is 22.5. The molecule has 178 valence electrons. The molecule has 36 heavy (non-hydrogen) atoms. The lowest BCUT2D eigenvalue weighted by Crippen LogP contribution is -2.24. The molecule has 0 radical (unpaired) electrons. The Balaban J connectivity index is 1.23. The lowest BCUT2D eigenvalue weighted by molar-refractivity contribution is 0.0945. The molecule has 0 bridgehead atoms. The van der Waals surface area contributed by atoms with Gasteiger partial charge in [-0.3, -0.25) is 14.6 Å². The van der Waals surface area contributed by atoms with Crippen LogP contribution in [0.25, 0.3) is 16.6 Å². The zero-order valence-electron chi connectivity index (χ0n) is 19.1. The van der Waals surface area contributed by atoms with E-state index < -0.39 is 5.91 Å². The molecule has 0 aliphatic heterocycles. The molecule has 10 heteroatoms. The van der Waals surface area contributed by atoms with Crippen molar-refractivity contribution in [3.05, 3.63) is 102 Å². The molecule has 2 amide bonds. The predicted octanol–water partition coefficient (Wildman–Crippen LogP) is 3.16. The summed E-state index contributed by atoms with van der Waals surface area (Å²) in [7, 11) is 0. The van der Waals surface area contributed by atoms with E-state index in [1.807, 2.05) is 24.3 Å². The van der Waals surface area contributed by atoms with Gasteiger partial charge in [-0.25, -0.2) is 0 Å². The zero-order chi connectivity index (χ0) is 25.1. The van der Waals surface area contributed by atoms with Crippen LogP contribution in [0.3, 0.4) is 0 Å². The molecule has 0 spiro atoms. The quantitative estimate of drug-likeness (QED) is 0.273. The Morgan fingerprint density at radius 2 is 1.67 bits per heavy atom. The number of fused-ring (bicyclic) bond motifs is 1. The number of para-hydroxylation sites is 2. The van der Waals surface area contributed by atoms with Crippen molar-refractivity contribution in [2.45, 2.75) is 6.54 Å². The van der Waals surface area contributed by atoms with Crippen LogP contribution in [0.5, 0.6) is 0 Å². The smallest absolute Gasteiger partial charge is 0.275 e. The molecule has 0 aliphatic carbocycles. The fraction of sp³-hybridized carbons (Fsp3) is 0.0385. The summed E-state index contributed by atoms with van der Waals surface area (Å²) >= 11 is 0. The number of hydrogen-bond acceptors (Lipinski definition) is 7. The first-order chi connectivity index (χ1) is 17.5. The summed E-state index contributed by atoms with van der Waals surface area (Å²) in [5, 5.41) is 14.9. The molecular weight excluding hydrogens is 456 g/mol. The number of nitrogens with zero attached hydrogens (tertiary/aromatic N) is 4. The molecule has 5 aromatic rings. The van der Waals surface area contributed by atoms with Gasteiger partial charge in [0.05, 0.1) is 22.6 Å². The highest BCUT2D eigenvalue weighted by atomic mass is 16.2. The number of nitrogen functional groups attached to an aromatic ring is 2. The van der Waals surface area contributed by atoms with Gasteiger partial charge >= 0.3 is 0 Å². The highest BCUT2D eigenvalue weighted by molar-refractivity contribution is 6.05. The van der Waals surface area contributed by atoms with E-state index in [0.717, 1.165) is 16.5 Å². The van der Waals surface area contributed by atoms with Gasteiger partial charge in [0.25, 0.3) is 11.8 Å². The van der Waals surface area contributed by atoms with E-state index in [0.29, 0.717) is 22.6 Å². The van der Waals surface area contributed by atoms with E-state index in [1.54, 1.807) is 60.8 Å². The lowest BCUT2D eigenvalue weighted by Gasteiger charge is -2.09. The minimum Gasteiger partial charge on any atom is -0.397 e. The van der Waals surface area contributed by atoms with Crippen molar-refractivity contribution in [2.75, 3.05) is 16.8 Å². The van der Waals surface area contributed by atoms with Gasteiger partial charge < -0.3 is 22.1 Å². The Labute approximate surface area is 205 Å². The van der Waals surface area contributed by atoms with Crippen LogP contribution in [-0.4, -0.2) is 31.8 Å². The van der Waals surface area contributed by atoms with Gasteiger partial charge in [0.1, 0.15) is 0 Å². The van der Waals surface area contributed by atoms with E-state index in [4.69, 9.17) is 11.5 Å². The van der Waals surface area contributed by atoms with Crippen LogP contribution in [0.1, 0.15) is 26.4 Å². The number of anilines is 3. The number of nitrogens with one attached hydrogen (secondary N) is 2. The molecule has 0 saturated heterocycles. The minimum absolute atomic E-state index is 0.0194. The molecule has 0 fully saturated rings. The Hall–Kier alpha value is -5.25. The third kappa shape index (κ3) is 4.68. The van der Waals surface area contributed by atoms with Crippen LogP contribution in [-0.2, 0) is 6.54 Å². The van der Waals surface area contributed by atoms with Crippen LogP contribution in [0.15, 0.2) is 85.1 Å². The van der Waals surface area contributed by atoms with Crippen LogP contribution in [0, 0.1) is 0 Å². The number of aromatic nitrogens is 4.